The minimum absolute atomic E-state index is 0.129. The first-order valence-corrected chi connectivity index (χ1v) is 5.89. The van der Waals surface area contributed by atoms with Crippen LogP contribution < -0.4 is 5.73 Å². The summed E-state index contributed by atoms with van der Waals surface area (Å²) in [5, 5.41) is 0. The lowest BCUT2D eigenvalue weighted by Crippen LogP contribution is -2.65. The Morgan fingerprint density at radius 2 is 1.04 bits per heavy atom. The summed E-state index contributed by atoms with van der Waals surface area (Å²) in [5.41, 5.74) is 3.70. The van der Waals surface area contributed by atoms with Gasteiger partial charge in [0.15, 0.2) is 6.17 Å². The van der Waals surface area contributed by atoms with Crippen molar-refractivity contribution < 1.29 is 48.3 Å². The number of alkyl halides is 11. The zero-order valence-corrected chi connectivity index (χ0v) is 11.2. The van der Waals surface area contributed by atoms with Crippen molar-refractivity contribution in [2.24, 2.45) is 0 Å². The molecule has 1 atom stereocenters. The van der Waals surface area contributed by atoms with Crippen LogP contribution in [0.25, 0.3) is 0 Å². The van der Waals surface area contributed by atoms with E-state index in [1.165, 1.54) is 0 Å². The molecule has 0 aliphatic carbocycles. The molecule has 138 valence electrons. The lowest BCUT2D eigenvalue weighted by atomic mass is 9.92. The van der Waals surface area contributed by atoms with Crippen molar-refractivity contribution in [1.29, 1.82) is 0 Å². The maximum Gasteiger partial charge on any atom is 0.384 e. The van der Waals surface area contributed by atoms with Crippen LogP contribution in [0.1, 0.15) is 11.7 Å². The minimum Gasteiger partial charge on any atom is -0.399 e. The zero-order chi connectivity index (χ0) is 19.1. The third-order valence-corrected chi connectivity index (χ3v) is 3.05. The quantitative estimate of drug-likeness (QED) is 0.544. The van der Waals surface area contributed by atoms with Gasteiger partial charge in [0.2, 0.25) is 0 Å². The molecule has 0 aromatic heterocycles. The number of benzene rings is 1. The molecule has 0 amide bonds. The fourth-order valence-corrected chi connectivity index (χ4v) is 1.59. The fourth-order valence-electron chi connectivity index (χ4n) is 1.59. The Balaban J connectivity index is 3.34. The van der Waals surface area contributed by atoms with E-state index >= 15 is 0 Å². The van der Waals surface area contributed by atoms with E-state index in [4.69, 9.17) is 5.73 Å². The molecule has 0 saturated carbocycles. The number of halogens is 11. The van der Waals surface area contributed by atoms with Crippen molar-refractivity contribution in [1.82, 2.24) is 0 Å². The van der Waals surface area contributed by atoms with Crippen LogP contribution in [0.3, 0.4) is 0 Å². The van der Waals surface area contributed by atoms with E-state index in [1.807, 2.05) is 0 Å². The fraction of sp³-hybridized carbons (Fsp3) is 0.500. The predicted molar refractivity (Wildman–Crippen MR) is 60.5 cm³/mol. The second kappa shape index (κ2) is 5.96. The molecule has 0 fully saturated rings. The van der Waals surface area contributed by atoms with Crippen LogP contribution in [-0.2, 0) is 0 Å². The van der Waals surface area contributed by atoms with Crippen LogP contribution in [0.5, 0.6) is 0 Å². The first-order valence-electron chi connectivity index (χ1n) is 5.89. The highest BCUT2D eigenvalue weighted by molar-refractivity contribution is 5.40. The van der Waals surface area contributed by atoms with E-state index in [-0.39, 0.29) is 5.69 Å². The summed E-state index contributed by atoms with van der Waals surface area (Å²) >= 11 is 0. The Morgan fingerprint density at radius 3 is 1.42 bits per heavy atom. The molecule has 1 rings (SSSR count). The van der Waals surface area contributed by atoms with Gasteiger partial charge < -0.3 is 5.73 Å². The monoisotopic (exact) mass is 375 g/mol. The number of nitrogen functional groups attached to an aromatic ring is 1. The van der Waals surface area contributed by atoms with Crippen molar-refractivity contribution >= 4 is 5.69 Å². The maximum atomic E-state index is 13.6. The number of hydrogen-bond donors (Lipinski definition) is 1. The summed E-state index contributed by atoms with van der Waals surface area (Å²) in [6.07, 6.45) is -9.57. The van der Waals surface area contributed by atoms with Gasteiger partial charge in [0.1, 0.15) is 0 Å². The first-order chi connectivity index (χ1) is 10.6. The molecular formula is C12H8F11N. The standard InChI is InChI=1S/C12H8F11N/c13-7(5-1-3-6(24)4-2-5)9(16,17)11(20,21)12(22,23)10(18,19)8(14)15/h1-4,7-8H,24H2. The van der Waals surface area contributed by atoms with Gasteiger partial charge in [0, 0.05) is 5.69 Å². The molecule has 1 unspecified atom stereocenters. The molecule has 0 saturated heterocycles. The van der Waals surface area contributed by atoms with Gasteiger partial charge in [0.25, 0.3) is 0 Å². The smallest absolute Gasteiger partial charge is 0.384 e. The van der Waals surface area contributed by atoms with Gasteiger partial charge in [-0.3, -0.25) is 0 Å². The van der Waals surface area contributed by atoms with Gasteiger partial charge in [-0.15, -0.1) is 0 Å². The van der Waals surface area contributed by atoms with Crippen LogP contribution in [0, 0.1) is 0 Å². The van der Waals surface area contributed by atoms with E-state index in [9.17, 15) is 48.3 Å². The van der Waals surface area contributed by atoms with Crippen LogP contribution in [0.4, 0.5) is 54.0 Å². The number of hydrogen-bond acceptors (Lipinski definition) is 1. The summed E-state index contributed by atoms with van der Waals surface area (Å²) in [7, 11) is 0. The van der Waals surface area contributed by atoms with E-state index in [0.717, 1.165) is 12.1 Å². The highest BCUT2D eigenvalue weighted by atomic mass is 19.4. The number of anilines is 1. The van der Waals surface area contributed by atoms with Crippen LogP contribution in [-0.4, -0.2) is 30.1 Å². The van der Waals surface area contributed by atoms with Gasteiger partial charge in [-0.25, -0.2) is 13.2 Å². The molecule has 0 aliphatic heterocycles. The first kappa shape index (κ1) is 20.3. The Bertz CT molecular complexity index is 567. The van der Waals surface area contributed by atoms with Crippen molar-refractivity contribution in [3.05, 3.63) is 29.8 Å². The summed E-state index contributed by atoms with van der Waals surface area (Å²) in [6.45, 7) is 0. The second-order valence-corrected chi connectivity index (χ2v) is 4.72. The SMILES string of the molecule is Nc1ccc(C(F)C(F)(F)C(F)(F)C(F)(F)C(F)(F)C(F)F)cc1. The minimum atomic E-state index is -7.23. The summed E-state index contributed by atoms with van der Waals surface area (Å²) in [5.74, 6) is -27.6. The molecule has 2 N–H and O–H groups in total. The van der Waals surface area contributed by atoms with E-state index in [0.29, 0.717) is 12.1 Å². The number of nitrogens with two attached hydrogens (primary N) is 1. The van der Waals surface area contributed by atoms with Gasteiger partial charge in [-0.1, -0.05) is 12.1 Å². The third kappa shape index (κ3) is 2.86. The Hall–Kier alpha value is -1.75. The highest BCUT2D eigenvalue weighted by Crippen LogP contribution is 2.58. The summed E-state index contributed by atoms with van der Waals surface area (Å²) in [4.78, 5) is 0. The molecular weight excluding hydrogens is 367 g/mol. The maximum absolute atomic E-state index is 13.6. The van der Waals surface area contributed by atoms with Gasteiger partial charge in [-0.05, 0) is 17.7 Å². The average Bonchev–Trinajstić information content (AvgIpc) is 2.46. The molecule has 12 heteroatoms. The van der Waals surface area contributed by atoms with Gasteiger partial charge in [-0.2, -0.15) is 35.1 Å². The molecule has 1 aromatic carbocycles. The normalized spacial score (nSPS) is 15.7. The van der Waals surface area contributed by atoms with E-state index < -0.39 is 41.9 Å². The average molecular weight is 375 g/mol. The highest BCUT2D eigenvalue weighted by Gasteiger charge is 2.84. The molecule has 1 aromatic rings. The molecule has 0 bridgehead atoms. The van der Waals surface area contributed by atoms with Crippen LogP contribution in [0.15, 0.2) is 24.3 Å². The zero-order valence-electron chi connectivity index (χ0n) is 11.2. The Morgan fingerprint density at radius 1 is 0.667 bits per heavy atom. The summed E-state index contributed by atoms with van der Waals surface area (Å²) in [6, 6.07) is 2.35. The largest absolute Gasteiger partial charge is 0.399 e. The van der Waals surface area contributed by atoms with Crippen molar-refractivity contribution in [2.75, 3.05) is 5.73 Å². The predicted octanol–water partition coefficient (Wildman–Crippen LogP) is 5.09. The van der Waals surface area contributed by atoms with Crippen LogP contribution in [0.2, 0.25) is 0 Å². The third-order valence-electron chi connectivity index (χ3n) is 3.05. The van der Waals surface area contributed by atoms with Crippen molar-refractivity contribution in [3.63, 3.8) is 0 Å². The molecule has 0 spiro atoms. The molecule has 0 aliphatic rings. The van der Waals surface area contributed by atoms with Gasteiger partial charge >= 0.3 is 30.1 Å². The van der Waals surface area contributed by atoms with Crippen LogP contribution >= 0.6 is 0 Å². The Labute approximate surface area is 127 Å². The second-order valence-electron chi connectivity index (χ2n) is 4.72. The summed E-state index contributed by atoms with van der Waals surface area (Å²) < 4.78 is 142. The molecule has 0 heterocycles. The lowest BCUT2D eigenvalue weighted by molar-refractivity contribution is -0.391. The van der Waals surface area contributed by atoms with Crippen molar-refractivity contribution in [3.8, 4) is 0 Å². The Kier molecular flexibility index (Phi) is 5.04. The van der Waals surface area contributed by atoms with E-state index in [1.54, 1.807) is 0 Å². The number of rotatable bonds is 6. The van der Waals surface area contributed by atoms with E-state index in [2.05, 4.69) is 0 Å². The molecule has 1 nitrogen and oxygen atoms in total. The topological polar surface area (TPSA) is 26.0 Å². The van der Waals surface area contributed by atoms with Crippen molar-refractivity contribution in [2.45, 2.75) is 36.3 Å². The lowest BCUT2D eigenvalue weighted by Gasteiger charge is -2.37. The van der Waals surface area contributed by atoms with Gasteiger partial charge in [0.05, 0.1) is 0 Å². The molecule has 24 heavy (non-hydrogen) atoms. The molecule has 0 radical (unpaired) electrons.